The summed E-state index contributed by atoms with van der Waals surface area (Å²) in [6.07, 6.45) is 0.228. The summed E-state index contributed by atoms with van der Waals surface area (Å²) >= 11 is 3.30. The Morgan fingerprint density at radius 3 is 3.16 bits per heavy atom. The van der Waals surface area contributed by atoms with Crippen molar-refractivity contribution in [1.29, 1.82) is 0 Å². The quantitative estimate of drug-likeness (QED) is 0.803. The van der Waals surface area contributed by atoms with E-state index in [0.717, 1.165) is 31.1 Å². The van der Waals surface area contributed by atoms with Gasteiger partial charge in [0.15, 0.2) is 0 Å². The van der Waals surface area contributed by atoms with Gasteiger partial charge in [0.1, 0.15) is 5.75 Å². The normalized spacial score (nSPS) is 11.2. The van der Waals surface area contributed by atoms with Crippen LogP contribution in [0.5, 0.6) is 5.75 Å². The molecule has 1 aromatic carbocycles. The van der Waals surface area contributed by atoms with Gasteiger partial charge in [-0.25, -0.2) is 4.98 Å². The van der Waals surface area contributed by atoms with Crippen LogP contribution >= 0.6 is 22.7 Å². The number of primary amides is 1. The van der Waals surface area contributed by atoms with Crippen molar-refractivity contribution in [3.05, 3.63) is 22.5 Å². The summed E-state index contributed by atoms with van der Waals surface area (Å²) in [7, 11) is 0. The maximum Gasteiger partial charge on any atom is 0.220 e. The zero-order valence-corrected chi connectivity index (χ0v) is 11.9. The minimum atomic E-state index is -0.351. The Bertz CT molecular complexity index is 761. The fourth-order valence-corrected chi connectivity index (χ4v) is 3.80. The molecule has 0 aliphatic carbocycles. The molecule has 4 nitrogen and oxygen atoms in total. The van der Waals surface area contributed by atoms with Gasteiger partial charge < -0.3 is 10.5 Å². The average Bonchev–Trinajstić information content (AvgIpc) is 2.93. The number of hydrogen-bond donors (Lipinski definition) is 1. The average molecular weight is 292 g/mol. The van der Waals surface area contributed by atoms with Crippen molar-refractivity contribution in [2.45, 2.75) is 13.3 Å². The molecule has 0 saturated carbocycles. The van der Waals surface area contributed by atoms with E-state index in [9.17, 15) is 4.79 Å². The number of ether oxygens (including phenoxy) is 1. The molecule has 0 bridgehead atoms. The van der Waals surface area contributed by atoms with Crippen molar-refractivity contribution >= 4 is 48.9 Å². The number of nitrogens with zero attached hydrogens (tertiary/aromatic N) is 1. The monoisotopic (exact) mass is 292 g/mol. The fourth-order valence-electron chi connectivity index (χ4n) is 1.97. The number of amides is 1. The van der Waals surface area contributed by atoms with Crippen molar-refractivity contribution in [2.24, 2.45) is 5.73 Å². The van der Waals surface area contributed by atoms with Gasteiger partial charge in [-0.3, -0.25) is 4.79 Å². The molecule has 2 aromatic heterocycles. The molecule has 0 aliphatic rings. The SMILES string of the molecule is Cc1nc2c(cc(OCCC(N)=O)c3ccsc32)s1. The Hall–Kier alpha value is -1.66. The molecule has 0 saturated heterocycles. The first-order valence-corrected chi connectivity index (χ1v) is 7.53. The lowest BCUT2D eigenvalue weighted by Gasteiger charge is -2.06. The number of hydrogen-bond acceptors (Lipinski definition) is 5. The maximum atomic E-state index is 10.8. The number of thiophene rings is 1. The van der Waals surface area contributed by atoms with Crippen LogP contribution in [0.4, 0.5) is 0 Å². The van der Waals surface area contributed by atoms with E-state index in [-0.39, 0.29) is 12.3 Å². The van der Waals surface area contributed by atoms with Gasteiger partial charge in [0.05, 0.1) is 33.0 Å². The lowest BCUT2D eigenvalue weighted by molar-refractivity contribution is -0.118. The number of fused-ring (bicyclic) bond motifs is 3. The number of aromatic nitrogens is 1. The van der Waals surface area contributed by atoms with Crippen LogP contribution in [-0.4, -0.2) is 17.5 Å². The molecule has 0 unspecified atom stereocenters. The third kappa shape index (κ3) is 2.29. The molecule has 2 N–H and O–H groups in total. The second-order valence-electron chi connectivity index (χ2n) is 4.18. The van der Waals surface area contributed by atoms with E-state index in [2.05, 4.69) is 4.98 Å². The highest BCUT2D eigenvalue weighted by molar-refractivity contribution is 7.21. The van der Waals surface area contributed by atoms with Crippen LogP contribution in [0.25, 0.3) is 20.3 Å². The van der Waals surface area contributed by atoms with Gasteiger partial charge in [-0.2, -0.15) is 0 Å². The Morgan fingerprint density at radius 1 is 1.53 bits per heavy atom. The number of benzene rings is 1. The first-order valence-electron chi connectivity index (χ1n) is 5.83. The third-order valence-corrected chi connectivity index (χ3v) is 4.61. The molecule has 3 aromatic rings. The van der Waals surface area contributed by atoms with E-state index in [1.807, 2.05) is 24.4 Å². The highest BCUT2D eigenvalue weighted by Crippen LogP contribution is 2.38. The summed E-state index contributed by atoms with van der Waals surface area (Å²) in [5, 5.41) is 4.12. The van der Waals surface area contributed by atoms with Gasteiger partial charge in [-0.05, 0) is 18.4 Å². The molecular formula is C13H12N2O2S2. The lowest BCUT2D eigenvalue weighted by Crippen LogP contribution is -2.14. The predicted molar refractivity (Wildman–Crippen MR) is 79.0 cm³/mol. The molecule has 98 valence electrons. The van der Waals surface area contributed by atoms with Gasteiger partial charge in [0.2, 0.25) is 5.91 Å². The van der Waals surface area contributed by atoms with E-state index < -0.39 is 0 Å². The highest BCUT2D eigenvalue weighted by Gasteiger charge is 2.12. The molecule has 1 amide bonds. The first-order chi connectivity index (χ1) is 9.15. The molecule has 0 fully saturated rings. The van der Waals surface area contributed by atoms with Gasteiger partial charge >= 0.3 is 0 Å². The lowest BCUT2D eigenvalue weighted by atomic mass is 10.2. The number of rotatable bonds is 4. The Kier molecular flexibility index (Phi) is 3.12. The van der Waals surface area contributed by atoms with Crippen molar-refractivity contribution in [1.82, 2.24) is 4.98 Å². The Labute approximate surface area is 117 Å². The summed E-state index contributed by atoms with van der Waals surface area (Å²) < 4.78 is 7.94. The third-order valence-electron chi connectivity index (χ3n) is 2.77. The number of nitrogens with two attached hydrogens (primary N) is 1. The van der Waals surface area contributed by atoms with Crippen LogP contribution in [0.1, 0.15) is 11.4 Å². The minimum absolute atomic E-state index is 0.228. The van der Waals surface area contributed by atoms with Crippen molar-refractivity contribution < 1.29 is 9.53 Å². The van der Waals surface area contributed by atoms with Gasteiger partial charge in [-0.15, -0.1) is 22.7 Å². The molecule has 0 radical (unpaired) electrons. The van der Waals surface area contributed by atoms with E-state index in [0.29, 0.717) is 6.61 Å². The molecule has 0 atom stereocenters. The van der Waals surface area contributed by atoms with Crippen molar-refractivity contribution in [3.63, 3.8) is 0 Å². The largest absolute Gasteiger partial charge is 0.492 e. The van der Waals surface area contributed by atoms with Crippen LogP contribution in [0.3, 0.4) is 0 Å². The topological polar surface area (TPSA) is 65.2 Å². The molecule has 0 spiro atoms. The molecular weight excluding hydrogens is 280 g/mol. The second kappa shape index (κ2) is 4.79. The molecule has 6 heteroatoms. The van der Waals surface area contributed by atoms with Gasteiger partial charge in [0, 0.05) is 11.5 Å². The molecule has 3 rings (SSSR count). The predicted octanol–water partition coefficient (Wildman–Crippen LogP) is 3.07. The fraction of sp³-hybridized carbons (Fsp3) is 0.231. The number of thiazole rings is 1. The maximum absolute atomic E-state index is 10.8. The summed E-state index contributed by atoms with van der Waals surface area (Å²) in [6, 6.07) is 4.02. The van der Waals surface area contributed by atoms with Crippen LogP contribution in [-0.2, 0) is 4.79 Å². The smallest absolute Gasteiger partial charge is 0.220 e. The Balaban J connectivity index is 2.05. The summed E-state index contributed by atoms with van der Waals surface area (Å²) in [5.74, 6) is 0.449. The van der Waals surface area contributed by atoms with Crippen molar-refractivity contribution in [3.8, 4) is 5.75 Å². The van der Waals surface area contributed by atoms with Crippen LogP contribution in [0, 0.1) is 6.92 Å². The number of carbonyl (C=O) groups excluding carboxylic acids is 1. The number of carbonyl (C=O) groups is 1. The summed E-state index contributed by atoms with van der Waals surface area (Å²) in [4.78, 5) is 15.3. The molecule has 19 heavy (non-hydrogen) atoms. The van der Waals surface area contributed by atoms with E-state index >= 15 is 0 Å². The summed E-state index contributed by atoms with van der Waals surface area (Å²) in [5.41, 5.74) is 6.16. The highest BCUT2D eigenvalue weighted by atomic mass is 32.1. The van der Waals surface area contributed by atoms with E-state index in [1.165, 1.54) is 0 Å². The van der Waals surface area contributed by atoms with Gasteiger partial charge in [0.25, 0.3) is 0 Å². The minimum Gasteiger partial charge on any atom is -0.492 e. The van der Waals surface area contributed by atoms with E-state index in [4.69, 9.17) is 10.5 Å². The zero-order valence-electron chi connectivity index (χ0n) is 10.3. The standard InChI is InChI=1S/C13H12N2O2S2/c1-7-15-12-10(19-7)6-9(17-4-2-11(14)16)8-3-5-18-13(8)12/h3,5-6H,2,4H2,1H3,(H2,14,16). The van der Waals surface area contributed by atoms with Crippen LogP contribution in [0.15, 0.2) is 17.5 Å². The van der Waals surface area contributed by atoms with Gasteiger partial charge in [-0.1, -0.05) is 0 Å². The molecule has 0 aliphatic heterocycles. The first kappa shape index (κ1) is 12.4. The second-order valence-corrected chi connectivity index (χ2v) is 6.33. The number of aryl methyl sites for hydroxylation is 1. The van der Waals surface area contributed by atoms with E-state index in [1.54, 1.807) is 22.7 Å². The molecule has 2 heterocycles. The Morgan fingerprint density at radius 2 is 2.37 bits per heavy atom. The zero-order chi connectivity index (χ0) is 13.4. The summed E-state index contributed by atoms with van der Waals surface area (Å²) in [6.45, 7) is 2.31. The van der Waals surface area contributed by atoms with Crippen LogP contribution in [0.2, 0.25) is 0 Å². The van der Waals surface area contributed by atoms with Crippen molar-refractivity contribution in [2.75, 3.05) is 6.61 Å². The van der Waals surface area contributed by atoms with Crippen LogP contribution < -0.4 is 10.5 Å².